The Bertz CT molecular complexity index is 1060. The molecular formula is C24H27F3N2O3. The molecule has 0 spiro atoms. The second-order valence-electron chi connectivity index (χ2n) is 8.28. The average Bonchev–Trinajstić information content (AvgIpc) is 3.19. The largest absolute Gasteiger partial charge is 0.493 e. The van der Waals surface area contributed by atoms with E-state index in [-0.39, 0.29) is 11.4 Å². The lowest BCUT2D eigenvalue weighted by molar-refractivity contribution is 0.0172. The van der Waals surface area contributed by atoms with E-state index in [9.17, 15) is 13.2 Å². The van der Waals surface area contributed by atoms with Crippen LogP contribution in [0.3, 0.4) is 0 Å². The van der Waals surface area contributed by atoms with Crippen LogP contribution in [0.15, 0.2) is 40.9 Å². The average molecular weight is 448 g/mol. The second kappa shape index (κ2) is 9.40. The lowest BCUT2D eigenvalue weighted by Crippen LogP contribution is -2.34. The third kappa shape index (κ3) is 5.01. The molecule has 1 aliphatic heterocycles. The number of hydrogen-bond acceptors (Lipinski definition) is 5. The van der Waals surface area contributed by atoms with Crippen molar-refractivity contribution in [2.45, 2.75) is 38.0 Å². The smallest absolute Gasteiger partial charge is 0.270 e. The number of rotatable bonds is 8. The number of aromatic nitrogens is 1. The minimum absolute atomic E-state index is 0.102. The zero-order valence-electron chi connectivity index (χ0n) is 18.2. The molecule has 172 valence electrons. The highest BCUT2D eigenvalue weighted by Gasteiger charge is 2.26. The number of halogens is 3. The Morgan fingerprint density at radius 3 is 2.62 bits per heavy atom. The first-order valence-electron chi connectivity index (χ1n) is 10.8. The van der Waals surface area contributed by atoms with Crippen molar-refractivity contribution in [3.63, 3.8) is 0 Å². The molecule has 5 nitrogen and oxygen atoms in total. The fraction of sp³-hybridized carbons (Fsp3) is 0.458. The Labute approximate surface area is 185 Å². The van der Waals surface area contributed by atoms with E-state index >= 15 is 0 Å². The van der Waals surface area contributed by atoms with Gasteiger partial charge in [-0.05, 0) is 62.7 Å². The maximum Gasteiger partial charge on any atom is 0.270 e. The Balaban J connectivity index is 1.24. The molecule has 0 saturated carbocycles. The van der Waals surface area contributed by atoms with E-state index in [0.717, 1.165) is 56.9 Å². The highest BCUT2D eigenvalue weighted by Crippen LogP contribution is 2.35. The van der Waals surface area contributed by atoms with Crippen molar-refractivity contribution in [3.8, 4) is 11.5 Å². The molecule has 4 rings (SSSR count). The van der Waals surface area contributed by atoms with Crippen LogP contribution in [0.2, 0.25) is 0 Å². The number of fused-ring (bicyclic) bond motifs is 1. The van der Waals surface area contributed by atoms with Gasteiger partial charge in [0.15, 0.2) is 17.1 Å². The standard InChI is InChI=1S/C24H27F3N2O3/c1-24(26,27)17-4-7-20(22(14-17)30-2)31-13-3-10-29-11-8-16(9-12-29)23-19-6-5-18(25)15-21(19)32-28-23/h4-7,14-16H,3,8-13H2,1-2H3. The molecule has 1 aliphatic rings. The third-order valence-electron chi connectivity index (χ3n) is 5.98. The predicted molar refractivity (Wildman–Crippen MR) is 115 cm³/mol. The van der Waals surface area contributed by atoms with Gasteiger partial charge in [-0.15, -0.1) is 0 Å². The summed E-state index contributed by atoms with van der Waals surface area (Å²) in [6.45, 7) is 4.08. The monoisotopic (exact) mass is 448 g/mol. The van der Waals surface area contributed by atoms with E-state index in [4.69, 9.17) is 14.0 Å². The quantitative estimate of drug-likeness (QED) is 0.412. The Morgan fingerprint density at radius 1 is 1.12 bits per heavy atom. The van der Waals surface area contributed by atoms with Crippen molar-refractivity contribution in [1.29, 1.82) is 0 Å². The lowest BCUT2D eigenvalue weighted by atomic mass is 9.91. The van der Waals surface area contributed by atoms with Crippen LogP contribution in [0.1, 0.15) is 43.4 Å². The van der Waals surface area contributed by atoms with Gasteiger partial charge in [0.05, 0.1) is 19.4 Å². The summed E-state index contributed by atoms with van der Waals surface area (Å²) in [4.78, 5) is 2.37. The molecule has 8 heteroatoms. The molecule has 0 atom stereocenters. The molecule has 2 aromatic carbocycles. The minimum atomic E-state index is -2.92. The normalized spacial score (nSPS) is 15.9. The number of benzene rings is 2. The zero-order chi connectivity index (χ0) is 22.7. The van der Waals surface area contributed by atoms with Gasteiger partial charge >= 0.3 is 0 Å². The molecule has 0 aliphatic carbocycles. The van der Waals surface area contributed by atoms with Gasteiger partial charge in [0.2, 0.25) is 0 Å². The number of ether oxygens (including phenoxy) is 2. The topological polar surface area (TPSA) is 47.7 Å². The minimum Gasteiger partial charge on any atom is -0.493 e. The fourth-order valence-corrected chi connectivity index (χ4v) is 4.19. The molecule has 1 fully saturated rings. The number of nitrogens with zero attached hydrogens (tertiary/aromatic N) is 2. The van der Waals surface area contributed by atoms with Crippen molar-refractivity contribution in [2.75, 3.05) is 33.4 Å². The van der Waals surface area contributed by atoms with Gasteiger partial charge < -0.3 is 18.9 Å². The molecule has 1 aromatic heterocycles. The Kier molecular flexibility index (Phi) is 6.60. The van der Waals surface area contributed by atoms with Crippen molar-refractivity contribution in [2.24, 2.45) is 0 Å². The summed E-state index contributed by atoms with van der Waals surface area (Å²) in [6, 6.07) is 8.77. The number of likely N-dealkylation sites (tertiary alicyclic amines) is 1. The maximum atomic E-state index is 13.5. The van der Waals surface area contributed by atoms with Crippen LogP contribution in [0.25, 0.3) is 11.0 Å². The number of alkyl halides is 2. The summed E-state index contributed by atoms with van der Waals surface area (Å²) in [5.74, 6) is -2.17. The molecule has 3 aromatic rings. The van der Waals surface area contributed by atoms with Crippen LogP contribution >= 0.6 is 0 Å². The molecule has 1 saturated heterocycles. The summed E-state index contributed by atoms with van der Waals surface area (Å²) >= 11 is 0. The predicted octanol–water partition coefficient (Wildman–Crippen LogP) is 5.74. The lowest BCUT2D eigenvalue weighted by Gasteiger charge is -2.31. The highest BCUT2D eigenvalue weighted by molar-refractivity contribution is 5.79. The van der Waals surface area contributed by atoms with Gasteiger partial charge in [0.25, 0.3) is 5.92 Å². The van der Waals surface area contributed by atoms with Crippen LogP contribution in [0.4, 0.5) is 13.2 Å². The summed E-state index contributed by atoms with van der Waals surface area (Å²) in [6.07, 6.45) is 2.73. The van der Waals surface area contributed by atoms with E-state index in [1.165, 1.54) is 37.4 Å². The van der Waals surface area contributed by atoms with E-state index in [1.807, 2.05) is 0 Å². The molecule has 0 N–H and O–H groups in total. The van der Waals surface area contributed by atoms with Crippen LogP contribution in [-0.2, 0) is 5.92 Å². The van der Waals surface area contributed by atoms with Crippen LogP contribution in [0, 0.1) is 5.82 Å². The van der Waals surface area contributed by atoms with Gasteiger partial charge in [-0.2, -0.15) is 0 Å². The van der Waals surface area contributed by atoms with Crippen molar-refractivity contribution < 1.29 is 27.2 Å². The fourth-order valence-electron chi connectivity index (χ4n) is 4.19. The van der Waals surface area contributed by atoms with E-state index in [0.29, 0.717) is 29.6 Å². The molecule has 0 radical (unpaired) electrons. The van der Waals surface area contributed by atoms with Gasteiger partial charge in [-0.25, -0.2) is 13.2 Å². The number of hydrogen-bond donors (Lipinski definition) is 0. The number of methoxy groups -OCH3 is 1. The zero-order valence-corrected chi connectivity index (χ0v) is 18.2. The van der Waals surface area contributed by atoms with Crippen molar-refractivity contribution in [1.82, 2.24) is 10.1 Å². The second-order valence-corrected chi connectivity index (χ2v) is 8.28. The Morgan fingerprint density at radius 2 is 1.91 bits per heavy atom. The molecule has 0 unspecified atom stereocenters. The van der Waals surface area contributed by atoms with Crippen molar-refractivity contribution in [3.05, 3.63) is 53.5 Å². The summed E-state index contributed by atoms with van der Waals surface area (Å²) in [5.41, 5.74) is 1.30. The first-order chi connectivity index (χ1) is 15.3. The number of piperidine rings is 1. The van der Waals surface area contributed by atoms with E-state index in [2.05, 4.69) is 10.1 Å². The van der Waals surface area contributed by atoms with Gasteiger partial charge in [-0.3, -0.25) is 0 Å². The maximum absolute atomic E-state index is 13.5. The molecule has 0 amide bonds. The third-order valence-corrected chi connectivity index (χ3v) is 5.98. The molecule has 0 bridgehead atoms. The first-order valence-corrected chi connectivity index (χ1v) is 10.8. The van der Waals surface area contributed by atoms with Crippen LogP contribution in [-0.4, -0.2) is 43.4 Å². The Hall–Kier alpha value is -2.74. The molecule has 32 heavy (non-hydrogen) atoms. The van der Waals surface area contributed by atoms with Crippen LogP contribution < -0.4 is 9.47 Å². The van der Waals surface area contributed by atoms with Gasteiger partial charge in [0.1, 0.15) is 5.82 Å². The summed E-state index contributed by atoms with van der Waals surface area (Å²) < 4.78 is 56.6. The summed E-state index contributed by atoms with van der Waals surface area (Å²) in [7, 11) is 1.44. The molecule has 2 heterocycles. The van der Waals surface area contributed by atoms with Gasteiger partial charge in [-0.1, -0.05) is 5.16 Å². The van der Waals surface area contributed by atoms with Crippen molar-refractivity contribution >= 4 is 11.0 Å². The highest BCUT2D eigenvalue weighted by atomic mass is 19.3. The summed E-state index contributed by atoms with van der Waals surface area (Å²) in [5, 5.41) is 5.08. The van der Waals surface area contributed by atoms with Crippen LogP contribution in [0.5, 0.6) is 11.5 Å². The van der Waals surface area contributed by atoms with E-state index < -0.39 is 5.92 Å². The van der Waals surface area contributed by atoms with Gasteiger partial charge in [0, 0.05) is 36.4 Å². The first kappa shape index (κ1) is 22.5. The molecular weight excluding hydrogens is 421 g/mol. The van der Waals surface area contributed by atoms with E-state index in [1.54, 1.807) is 6.07 Å². The SMILES string of the molecule is COc1cc(C(C)(F)F)ccc1OCCCN1CCC(c2noc3cc(F)ccc23)CC1.